The molecular weight excluding hydrogens is 266 g/mol. The van der Waals surface area contributed by atoms with E-state index >= 15 is 0 Å². The van der Waals surface area contributed by atoms with E-state index in [0.717, 1.165) is 32.1 Å². The zero-order chi connectivity index (χ0) is 15.2. The van der Waals surface area contributed by atoms with Crippen LogP contribution >= 0.6 is 0 Å². The minimum atomic E-state index is 0.0747. The fraction of sp³-hybridized carbons (Fsp3) is 0.875. The topological polar surface area (TPSA) is 75.4 Å². The average Bonchev–Trinajstić information content (AvgIpc) is 2.54. The molecule has 2 amide bonds. The van der Waals surface area contributed by atoms with Gasteiger partial charge in [0.15, 0.2) is 0 Å². The molecule has 2 rings (SSSR count). The molecule has 1 heterocycles. The predicted octanol–water partition coefficient (Wildman–Crippen LogP) is 1.13. The summed E-state index contributed by atoms with van der Waals surface area (Å²) in [6.45, 7) is 4.67. The van der Waals surface area contributed by atoms with Crippen LogP contribution in [-0.4, -0.2) is 42.9 Å². The molecule has 120 valence electrons. The van der Waals surface area contributed by atoms with Gasteiger partial charge in [-0.1, -0.05) is 12.8 Å². The zero-order valence-corrected chi connectivity index (χ0v) is 13.1. The molecule has 0 bridgehead atoms. The first kappa shape index (κ1) is 16.3. The molecule has 1 saturated heterocycles. The number of amides is 2. The van der Waals surface area contributed by atoms with Gasteiger partial charge in [-0.05, 0) is 45.1 Å². The third-order valence-electron chi connectivity index (χ3n) is 5.06. The smallest absolute Gasteiger partial charge is 0.226 e. The zero-order valence-electron chi connectivity index (χ0n) is 13.1. The van der Waals surface area contributed by atoms with Crippen LogP contribution < -0.4 is 11.1 Å². The lowest BCUT2D eigenvalue weighted by molar-refractivity contribution is -0.141. The number of hydrogen-bond acceptors (Lipinski definition) is 3. The Hall–Kier alpha value is -1.10. The van der Waals surface area contributed by atoms with Gasteiger partial charge in [0.2, 0.25) is 11.8 Å². The summed E-state index contributed by atoms with van der Waals surface area (Å²) < 4.78 is 0. The van der Waals surface area contributed by atoms with E-state index in [1.807, 2.05) is 11.8 Å². The highest BCUT2D eigenvalue weighted by molar-refractivity contribution is 5.81. The molecular formula is C16H29N3O2. The minimum Gasteiger partial charge on any atom is -0.356 e. The molecule has 1 aliphatic heterocycles. The summed E-state index contributed by atoms with van der Waals surface area (Å²) in [5.74, 6) is 0.962. The minimum absolute atomic E-state index is 0.0747. The molecule has 2 aliphatic rings. The second-order valence-electron chi connectivity index (χ2n) is 6.38. The van der Waals surface area contributed by atoms with Gasteiger partial charge in [-0.2, -0.15) is 0 Å². The van der Waals surface area contributed by atoms with Crippen LogP contribution in [0.25, 0.3) is 0 Å². The van der Waals surface area contributed by atoms with Crippen LogP contribution in [-0.2, 0) is 9.59 Å². The van der Waals surface area contributed by atoms with E-state index in [4.69, 9.17) is 5.73 Å². The molecule has 1 aliphatic carbocycles. The highest BCUT2D eigenvalue weighted by atomic mass is 16.2. The number of nitrogens with zero attached hydrogens (tertiary/aromatic N) is 1. The average molecular weight is 295 g/mol. The Morgan fingerprint density at radius 2 is 1.81 bits per heavy atom. The van der Waals surface area contributed by atoms with Crippen LogP contribution in [0.4, 0.5) is 0 Å². The fourth-order valence-corrected chi connectivity index (χ4v) is 3.73. The van der Waals surface area contributed by atoms with Gasteiger partial charge in [0.25, 0.3) is 0 Å². The summed E-state index contributed by atoms with van der Waals surface area (Å²) in [6, 6.07) is 0. The quantitative estimate of drug-likeness (QED) is 0.816. The third-order valence-corrected chi connectivity index (χ3v) is 5.06. The molecule has 2 unspecified atom stereocenters. The molecule has 0 spiro atoms. The molecule has 3 N–H and O–H groups in total. The molecule has 5 heteroatoms. The van der Waals surface area contributed by atoms with Crippen LogP contribution in [0.5, 0.6) is 0 Å². The van der Waals surface area contributed by atoms with E-state index in [1.54, 1.807) is 0 Å². The van der Waals surface area contributed by atoms with E-state index in [1.165, 1.54) is 6.42 Å². The number of likely N-dealkylation sites (tertiary alicyclic amines) is 1. The van der Waals surface area contributed by atoms with Gasteiger partial charge < -0.3 is 16.0 Å². The van der Waals surface area contributed by atoms with Crippen LogP contribution in [0.15, 0.2) is 0 Å². The van der Waals surface area contributed by atoms with Crippen molar-refractivity contribution in [2.75, 3.05) is 26.2 Å². The number of hydrogen-bond donors (Lipinski definition) is 2. The van der Waals surface area contributed by atoms with Gasteiger partial charge >= 0.3 is 0 Å². The summed E-state index contributed by atoms with van der Waals surface area (Å²) in [4.78, 5) is 26.5. The van der Waals surface area contributed by atoms with Gasteiger partial charge in [-0.25, -0.2) is 0 Å². The van der Waals surface area contributed by atoms with Crippen LogP contribution in [0.3, 0.4) is 0 Å². The van der Waals surface area contributed by atoms with Crippen molar-refractivity contribution in [3.63, 3.8) is 0 Å². The Morgan fingerprint density at radius 1 is 1.14 bits per heavy atom. The third kappa shape index (κ3) is 3.96. The van der Waals surface area contributed by atoms with E-state index in [2.05, 4.69) is 5.32 Å². The second-order valence-corrected chi connectivity index (χ2v) is 6.38. The maximum Gasteiger partial charge on any atom is 0.226 e. The largest absolute Gasteiger partial charge is 0.356 e. The number of rotatable bonds is 4. The number of piperidine rings is 1. The molecule has 21 heavy (non-hydrogen) atoms. The van der Waals surface area contributed by atoms with Crippen molar-refractivity contribution in [2.45, 2.75) is 45.4 Å². The van der Waals surface area contributed by atoms with E-state index < -0.39 is 0 Å². The normalized spacial score (nSPS) is 27.4. The summed E-state index contributed by atoms with van der Waals surface area (Å²) in [7, 11) is 0. The lowest BCUT2D eigenvalue weighted by Gasteiger charge is -2.37. The predicted molar refractivity (Wildman–Crippen MR) is 82.5 cm³/mol. The molecule has 2 fully saturated rings. The highest BCUT2D eigenvalue weighted by Gasteiger charge is 2.35. The summed E-state index contributed by atoms with van der Waals surface area (Å²) in [5.41, 5.74) is 5.83. The van der Waals surface area contributed by atoms with Crippen molar-refractivity contribution in [3.05, 3.63) is 0 Å². The first-order chi connectivity index (χ1) is 10.2. The van der Waals surface area contributed by atoms with Crippen molar-refractivity contribution in [1.82, 2.24) is 10.2 Å². The standard InChI is InChI=1S/C16H29N3O2/c1-2-18-15(20)12-7-9-19(10-8-12)16(21)14-6-4-3-5-13(14)11-17/h12-14H,2-11,17H2,1H3,(H,18,20). The van der Waals surface area contributed by atoms with E-state index in [9.17, 15) is 9.59 Å². The monoisotopic (exact) mass is 295 g/mol. The van der Waals surface area contributed by atoms with Crippen molar-refractivity contribution in [2.24, 2.45) is 23.5 Å². The molecule has 2 atom stereocenters. The number of carbonyl (C=O) groups excluding carboxylic acids is 2. The lowest BCUT2D eigenvalue weighted by atomic mass is 9.78. The van der Waals surface area contributed by atoms with E-state index in [-0.39, 0.29) is 23.7 Å². The lowest BCUT2D eigenvalue weighted by Crippen LogP contribution is -2.47. The van der Waals surface area contributed by atoms with Crippen molar-refractivity contribution < 1.29 is 9.59 Å². The first-order valence-electron chi connectivity index (χ1n) is 8.44. The SMILES string of the molecule is CCNC(=O)C1CCN(C(=O)C2CCCCC2CN)CC1. The second kappa shape index (κ2) is 7.78. The van der Waals surface area contributed by atoms with Gasteiger partial charge in [-0.3, -0.25) is 9.59 Å². The Kier molecular flexibility index (Phi) is 6.03. The highest BCUT2D eigenvalue weighted by Crippen LogP contribution is 2.32. The van der Waals surface area contributed by atoms with Gasteiger partial charge in [0.1, 0.15) is 0 Å². The van der Waals surface area contributed by atoms with Gasteiger partial charge in [0, 0.05) is 31.5 Å². The van der Waals surface area contributed by atoms with Gasteiger partial charge in [-0.15, -0.1) is 0 Å². The van der Waals surface area contributed by atoms with Crippen molar-refractivity contribution in [3.8, 4) is 0 Å². The maximum absolute atomic E-state index is 12.7. The summed E-state index contributed by atoms with van der Waals surface area (Å²) in [6.07, 6.45) is 5.99. The van der Waals surface area contributed by atoms with Crippen LogP contribution in [0.2, 0.25) is 0 Å². The maximum atomic E-state index is 12.7. The Labute approximate surface area is 127 Å². The van der Waals surface area contributed by atoms with E-state index in [0.29, 0.717) is 32.1 Å². The molecule has 0 aromatic carbocycles. The van der Waals surface area contributed by atoms with Crippen LogP contribution in [0.1, 0.15) is 45.4 Å². The summed E-state index contributed by atoms with van der Waals surface area (Å²) in [5, 5.41) is 2.88. The number of carbonyl (C=O) groups is 2. The number of nitrogens with two attached hydrogens (primary N) is 1. The molecule has 1 saturated carbocycles. The molecule has 0 aromatic rings. The van der Waals surface area contributed by atoms with Crippen molar-refractivity contribution >= 4 is 11.8 Å². The number of nitrogens with one attached hydrogen (secondary N) is 1. The van der Waals surface area contributed by atoms with Crippen LogP contribution in [0, 0.1) is 17.8 Å². The Bertz CT molecular complexity index is 365. The fourth-order valence-electron chi connectivity index (χ4n) is 3.73. The molecule has 5 nitrogen and oxygen atoms in total. The Balaban J connectivity index is 1.86. The summed E-state index contributed by atoms with van der Waals surface area (Å²) >= 11 is 0. The van der Waals surface area contributed by atoms with Gasteiger partial charge in [0.05, 0.1) is 0 Å². The molecule has 0 radical (unpaired) electrons. The first-order valence-corrected chi connectivity index (χ1v) is 8.44. The molecule has 0 aromatic heterocycles. The van der Waals surface area contributed by atoms with Crippen molar-refractivity contribution in [1.29, 1.82) is 0 Å². The Morgan fingerprint density at radius 3 is 2.43 bits per heavy atom.